The molecular formula is C10H9F2N. The van der Waals surface area contributed by atoms with E-state index in [2.05, 4.69) is 0 Å². The molecule has 0 aliphatic carbocycles. The molecule has 0 saturated carbocycles. The van der Waals surface area contributed by atoms with Gasteiger partial charge in [0.25, 0.3) is 0 Å². The first-order chi connectivity index (χ1) is 6.24. The second-order valence-electron chi connectivity index (χ2n) is 2.75. The summed E-state index contributed by atoms with van der Waals surface area (Å²) in [4.78, 5) is 0. The van der Waals surface area contributed by atoms with Crippen molar-refractivity contribution in [3.05, 3.63) is 35.4 Å². The maximum atomic E-state index is 13.0. The Kier molecular flexibility index (Phi) is 3.39. The molecule has 3 heteroatoms. The van der Waals surface area contributed by atoms with E-state index in [1.807, 2.05) is 6.07 Å². The smallest absolute Gasteiger partial charge is 0.129 e. The van der Waals surface area contributed by atoms with Crippen molar-refractivity contribution in [1.82, 2.24) is 0 Å². The monoisotopic (exact) mass is 181 g/mol. The quantitative estimate of drug-likeness (QED) is 0.658. The Morgan fingerprint density at radius 1 is 1.31 bits per heavy atom. The van der Waals surface area contributed by atoms with Crippen LogP contribution in [-0.4, -0.2) is 0 Å². The van der Waals surface area contributed by atoms with E-state index in [1.165, 1.54) is 12.1 Å². The van der Waals surface area contributed by atoms with Crippen LogP contribution in [0.15, 0.2) is 18.2 Å². The minimum Gasteiger partial charge on any atom is -0.207 e. The summed E-state index contributed by atoms with van der Waals surface area (Å²) in [5.74, 6) is -1.10. The standard InChI is InChI=1S/C10H9F2N/c11-9-5-4-8(10(12)7-9)3-1-2-6-13/h4-5,7H,1-3H2. The third kappa shape index (κ3) is 2.83. The second-order valence-corrected chi connectivity index (χ2v) is 2.75. The molecule has 0 radical (unpaired) electrons. The highest BCUT2D eigenvalue weighted by molar-refractivity contribution is 5.18. The van der Waals surface area contributed by atoms with Gasteiger partial charge in [-0.2, -0.15) is 5.26 Å². The molecule has 1 nitrogen and oxygen atoms in total. The molecule has 0 heterocycles. The largest absolute Gasteiger partial charge is 0.207 e. The summed E-state index contributed by atoms with van der Waals surface area (Å²) >= 11 is 0. The van der Waals surface area contributed by atoms with E-state index in [0.717, 1.165) is 6.07 Å². The number of hydrogen-bond acceptors (Lipinski definition) is 1. The maximum absolute atomic E-state index is 13.0. The van der Waals surface area contributed by atoms with E-state index in [1.54, 1.807) is 0 Å². The number of hydrogen-bond donors (Lipinski definition) is 0. The molecule has 0 saturated heterocycles. The van der Waals surface area contributed by atoms with Gasteiger partial charge in [0, 0.05) is 12.5 Å². The van der Waals surface area contributed by atoms with Crippen LogP contribution in [0, 0.1) is 23.0 Å². The van der Waals surface area contributed by atoms with Crippen LogP contribution in [-0.2, 0) is 6.42 Å². The van der Waals surface area contributed by atoms with E-state index >= 15 is 0 Å². The van der Waals surface area contributed by atoms with E-state index < -0.39 is 11.6 Å². The SMILES string of the molecule is N#CCCCc1ccc(F)cc1F. The molecule has 0 fully saturated rings. The zero-order chi connectivity index (χ0) is 9.68. The number of unbranched alkanes of at least 4 members (excludes halogenated alkanes) is 1. The van der Waals surface area contributed by atoms with Crippen LogP contribution < -0.4 is 0 Å². The van der Waals surface area contributed by atoms with Gasteiger partial charge in [-0.3, -0.25) is 0 Å². The minimum absolute atomic E-state index is 0.400. The van der Waals surface area contributed by atoms with E-state index in [9.17, 15) is 8.78 Å². The van der Waals surface area contributed by atoms with Gasteiger partial charge in [0.2, 0.25) is 0 Å². The zero-order valence-corrected chi connectivity index (χ0v) is 7.06. The fourth-order valence-corrected chi connectivity index (χ4v) is 1.08. The Morgan fingerprint density at radius 2 is 2.08 bits per heavy atom. The highest BCUT2D eigenvalue weighted by Crippen LogP contribution is 2.11. The van der Waals surface area contributed by atoms with Crippen molar-refractivity contribution >= 4 is 0 Å². The van der Waals surface area contributed by atoms with Gasteiger partial charge in [-0.1, -0.05) is 6.07 Å². The molecule has 0 atom stereocenters. The minimum atomic E-state index is -0.568. The summed E-state index contributed by atoms with van der Waals surface area (Å²) in [5.41, 5.74) is 0.469. The number of nitrogens with zero attached hydrogens (tertiary/aromatic N) is 1. The summed E-state index contributed by atoms with van der Waals surface area (Å²) in [6.07, 6.45) is 1.50. The van der Waals surface area contributed by atoms with E-state index in [4.69, 9.17) is 5.26 Å². The van der Waals surface area contributed by atoms with Crippen LogP contribution in [0.5, 0.6) is 0 Å². The second kappa shape index (κ2) is 4.56. The molecular weight excluding hydrogens is 172 g/mol. The summed E-state index contributed by atoms with van der Waals surface area (Å²) in [6.45, 7) is 0. The predicted octanol–water partition coefficient (Wildman–Crippen LogP) is 2.81. The summed E-state index contributed by atoms with van der Waals surface area (Å²) in [6, 6.07) is 5.48. The number of benzene rings is 1. The lowest BCUT2D eigenvalue weighted by molar-refractivity contribution is 0.569. The maximum Gasteiger partial charge on any atom is 0.129 e. The van der Waals surface area contributed by atoms with Gasteiger partial charge in [-0.05, 0) is 24.5 Å². The molecule has 0 amide bonds. The normalized spacial score (nSPS) is 9.62. The lowest BCUT2D eigenvalue weighted by atomic mass is 10.1. The first kappa shape index (κ1) is 9.66. The topological polar surface area (TPSA) is 23.8 Å². The van der Waals surface area contributed by atoms with Crippen LogP contribution >= 0.6 is 0 Å². The molecule has 0 spiro atoms. The lowest BCUT2D eigenvalue weighted by Crippen LogP contribution is -1.91. The van der Waals surface area contributed by atoms with Crippen LogP contribution in [0.3, 0.4) is 0 Å². The van der Waals surface area contributed by atoms with Crippen molar-refractivity contribution in [1.29, 1.82) is 5.26 Å². The molecule has 0 aromatic heterocycles. The number of aryl methyl sites for hydroxylation is 1. The molecule has 1 aromatic rings. The van der Waals surface area contributed by atoms with Crippen LogP contribution in [0.2, 0.25) is 0 Å². The van der Waals surface area contributed by atoms with E-state index in [0.29, 0.717) is 24.8 Å². The zero-order valence-electron chi connectivity index (χ0n) is 7.06. The summed E-state index contributed by atoms with van der Waals surface area (Å²) in [7, 11) is 0. The van der Waals surface area contributed by atoms with Crippen molar-refractivity contribution in [2.45, 2.75) is 19.3 Å². The van der Waals surface area contributed by atoms with Crippen LogP contribution in [0.4, 0.5) is 8.78 Å². The summed E-state index contributed by atoms with van der Waals surface area (Å²) < 4.78 is 25.4. The fourth-order valence-electron chi connectivity index (χ4n) is 1.08. The lowest BCUT2D eigenvalue weighted by Gasteiger charge is -2.00. The first-order valence-corrected chi connectivity index (χ1v) is 4.05. The highest BCUT2D eigenvalue weighted by Gasteiger charge is 2.02. The number of rotatable bonds is 3. The molecule has 0 N–H and O–H groups in total. The van der Waals surface area contributed by atoms with Crippen molar-refractivity contribution < 1.29 is 8.78 Å². The fraction of sp³-hybridized carbons (Fsp3) is 0.300. The molecule has 13 heavy (non-hydrogen) atoms. The van der Waals surface area contributed by atoms with Gasteiger partial charge < -0.3 is 0 Å². The molecule has 0 unspecified atom stereocenters. The van der Waals surface area contributed by atoms with Crippen molar-refractivity contribution in [2.75, 3.05) is 0 Å². The van der Waals surface area contributed by atoms with Gasteiger partial charge in [-0.25, -0.2) is 8.78 Å². The molecule has 68 valence electrons. The average Bonchev–Trinajstić information content (AvgIpc) is 2.09. The van der Waals surface area contributed by atoms with Crippen LogP contribution in [0.1, 0.15) is 18.4 Å². The molecule has 1 aromatic carbocycles. The Balaban J connectivity index is 2.62. The number of halogens is 2. The first-order valence-electron chi connectivity index (χ1n) is 4.05. The highest BCUT2D eigenvalue weighted by atomic mass is 19.1. The van der Waals surface area contributed by atoms with Crippen LogP contribution in [0.25, 0.3) is 0 Å². The van der Waals surface area contributed by atoms with Gasteiger partial charge in [0.05, 0.1) is 6.07 Å². The van der Waals surface area contributed by atoms with Gasteiger partial charge in [0.15, 0.2) is 0 Å². The van der Waals surface area contributed by atoms with Gasteiger partial charge >= 0.3 is 0 Å². The number of nitriles is 1. The van der Waals surface area contributed by atoms with Crippen molar-refractivity contribution in [3.63, 3.8) is 0 Å². The Bertz CT molecular complexity index is 328. The molecule has 1 rings (SSSR count). The average molecular weight is 181 g/mol. The third-order valence-corrected chi connectivity index (χ3v) is 1.75. The van der Waals surface area contributed by atoms with Crippen molar-refractivity contribution in [2.24, 2.45) is 0 Å². The molecule has 0 aliphatic heterocycles. The molecule has 0 bridgehead atoms. The van der Waals surface area contributed by atoms with Gasteiger partial charge in [-0.15, -0.1) is 0 Å². The predicted molar refractivity (Wildman–Crippen MR) is 44.9 cm³/mol. The Labute approximate surface area is 75.6 Å². The molecule has 0 aliphatic rings. The van der Waals surface area contributed by atoms with E-state index in [-0.39, 0.29) is 0 Å². The Hall–Kier alpha value is -1.43. The van der Waals surface area contributed by atoms with Gasteiger partial charge in [0.1, 0.15) is 11.6 Å². The van der Waals surface area contributed by atoms with Crippen molar-refractivity contribution in [3.8, 4) is 6.07 Å². The summed E-state index contributed by atoms with van der Waals surface area (Å²) in [5, 5.41) is 8.25. The third-order valence-electron chi connectivity index (χ3n) is 1.75. The Morgan fingerprint density at radius 3 is 2.69 bits per heavy atom.